The highest BCUT2D eigenvalue weighted by Crippen LogP contribution is 2.39. The van der Waals surface area contributed by atoms with E-state index < -0.39 is 0 Å². The normalized spacial score (nSPS) is 16.4. The van der Waals surface area contributed by atoms with E-state index in [-0.39, 0.29) is 11.9 Å². The van der Waals surface area contributed by atoms with Gasteiger partial charge in [-0.05, 0) is 59.5 Å². The van der Waals surface area contributed by atoms with Crippen LogP contribution in [0.2, 0.25) is 0 Å². The van der Waals surface area contributed by atoms with Crippen molar-refractivity contribution in [1.82, 2.24) is 9.80 Å². The van der Waals surface area contributed by atoms with Gasteiger partial charge >= 0.3 is 0 Å². The van der Waals surface area contributed by atoms with Gasteiger partial charge in [-0.3, -0.25) is 9.69 Å². The Labute approximate surface area is 180 Å². The van der Waals surface area contributed by atoms with E-state index in [1.54, 1.807) is 11.3 Å². The van der Waals surface area contributed by atoms with E-state index in [0.717, 1.165) is 24.3 Å². The lowest BCUT2D eigenvalue weighted by Crippen LogP contribution is -2.42. The number of nitrogens with zero attached hydrogens (tertiary/aromatic N) is 2. The van der Waals surface area contributed by atoms with Crippen LogP contribution in [0.3, 0.4) is 0 Å². The van der Waals surface area contributed by atoms with Gasteiger partial charge < -0.3 is 9.64 Å². The average molecular weight is 427 g/mol. The Morgan fingerprint density at radius 2 is 2.00 bits per heavy atom. The molecule has 1 aliphatic rings. The van der Waals surface area contributed by atoms with Gasteiger partial charge in [0.15, 0.2) is 0 Å². The highest BCUT2D eigenvalue weighted by Gasteiger charge is 2.32. The van der Waals surface area contributed by atoms with E-state index in [1.807, 2.05) is 54.5 Å². The van der Waals surface area contributed by atoms with Crippen molar-refractivity contribution in [3.63, 3.8) is 0 Å². The molecule has 0 bridgehead atoms. The molecule has 1 aromatic carbocycles. The predicted octanol–water partition coefficient (Wildman–Crippen LogP) is 4.81. The third-order valence-corrected chi connectivity index (χ3v) is 7.22. The number of benzene rings is 1. The number of carbonyl (C=O) groups is 1. The van der Waals surface area contributed by atoms with E-state index in [1.165, 1.54) is 15.3 Å². The van der Waals surface area contributed by atoms with Gasteiger partial charge in [0.05, 0.1) is 19.2 Å². The smallest absolute Gasteiger partial charge is 0.236 e. The minimum absolute atomic E-state index is 0.152. The topological polar surface area (TPSA) is 32.8 Å². The van der Waals surface area contributed by atoms with Crippen LogP contribution in [0.15, 0.2) is 53.2 Å². The summed E-state index contributed by atoms with van der Waals surface area (Å²) in [5.74, 6) is 1.02. The quantitative estimate of drug-likeness (QED) is 0.543. The molecule has 0 saturated carbocycles. The molecule has 0 N–H and O–H groups in total. The number of hydrogen-bond donors (Lipinski definition) is 0. The molecule has 3 aromatic rings. The molecule has 0 saturated heterocycles. The molecule has 29 heavy (non-hydrogen) atoms. The van der Waals surface area contributed by atoms with Crippen molar-refractivity contribution in [3.05, 3.63) is 74.1 Å². The summed E-state index contributed by atoms with van der Waals surface area (Å²) >= 11 is 3.60. The minimum Gasteiger partial charge on any atom is -0.494 e. The van der Waals surface area contributed by atoms with Gasteiger partial charge in [-0.25, -0.2) is 0 Å². The Balaban J connectivity index is 1.44. The monoisotopic (exact) mass is 426 g/mol. The number of hydrogen-bond acceptors (Lipinski definition) is 5. The van der Waals surface area contributed by atoms with Crippen LogP contribution < -0.4 is 4.74 Å². The number of ether oxygens (including phenoxy) is 1. The molecule has 0 fully saturated rings. The summed E-state index contributed by atoms with van der Waals surface area (Å²) in [7, 11) is 1.89. The summed E-state index contributed by atoms with van der Waals surface area (Å²) < 4.78 is 5.50. The number of carbonyl (C=O) groups excluding carboxylic acids is 1. The molecule has 1 atom stereocenters. The lowest BCUT2D eigenvalue weighted by Gasteiger charge is -2.35. The molecule has 1 aliphatic heterocycles. The summed E-state index contributed by atoms with van der Waals surface area (Å²) in [5.41, 5.74) is 2.48. The fraction of sp³-hybridized carbons (Fsp3) is 0.348. The third-order valence-electron chi connectivity index (χ3n) is 5.30. The largest absolute Gasteiger partial charge is 0.494 e. The van der Waals surface area contributed by atoms with Crippen LogP contribution in [-0.4, -0.2) is 42.5 Å². The van der Waals surface area contributed by atoms with Crippen molar-refractivity contribution < 1.29 is 9.53 Å². The fourth-order valence-electron chi connectivity index (χ4n) is 3.83. The molecule has 4 rings (SSSR count). The molecule has 1 amide bonds. The maximum absolute atomic E-state index is 13.0. The first-order valence-corrected chi connectivity index (χ1v) is 11.7. The first-order chi connectivity index (χ1) is 14.2. The first-order valence-electron chi connectivity index (χ1n) is 9.95. The highest BCUT2D eigenvalue weighted by molar-refractivity contribution is 7.10. The van der Waals surface area contributed by atoms with Crippen LogP contribution in [-0.2, 0) is 17.8 Å². The van der Waals surface area contributed by atoms with Crippen LogP contribution in [0.1, 0.15) is 33.8 Å². The number of amides is 1. The van der Waals surface area contributed by atoms with E-state index in [2.05, 4.69) is 33.9 Å². The SMILES string of the molecule is CCOc1ccc(CN(C)C(=O)CN2CCc3sccc3C2c2cccs2)cc1. The van der Waals surface area contributed by atoms with E-state index in [0.29, 0.717) is 19.7 Å². The molecule has 2 aromatic heterocycles. The zero-order chi connectivity index (χ0) is 20.2. The van der Waals surface area contributed by atoms with Crippen LogP contribution in [0.4, 0.5) is 0 Å². The van der Waals surface area contributed by atoms with Crippen LogP contribution in [0, 0.1) is 0 Å². The van der Waals surface area contributed by atoms with Gasteiger partial charge in [0.2, 0.25) is 5.91 Å². The maximum atomic E-state index is 13.0. The number of fused-ring (bicyclic) bond motifs is 1. The summed E-state index contributed by atoms with van der Waals surface area (Å²) in [6, 6.07) is 14.7. The number of thiophene rings is 2. The second-order valence-corrected chi connectivity index (χ2v) is 9.24. The molecule has 1 unspecified atom stereocenters. The molecule has 3 heterocycles. The van der Waals surface area contributed by atoms with Gasteiger partial charge in [0, 0.05) is 29.9 Å². The standard InChI is InChI=1S/C23H26N2O2S2/c1-3-27-18-8-6-17(7-9-18)15-24(2)22(26)16-25-12-10-20-19(11-14-29-20)23(25)21-5-4-13-28-21/h4-9,11,13-14,23H,3,10,12,15-16H2,1-2H3. The van der Waals surface area contributed by atoms with Gasteiger partial charge in [-0.2, -0.15) is 0 Å². The zero-order valence-electron chi connectivity index (χ0n) is 16.8. The second-order valence-electron chi connectivity index (χ2n) is 7.26. The molecule has 0 aliphatic carbocycles. The van der Waals surface area contributed by atoms with E-state index >= 15 is 0 Å². The molecule has 4 nitrogen and oxygen atoms in total. The minimum atomic E-state index is 0.152. The lowest BCUT2D eigenvalue weighted by molar-refractivity contribution is -0.132. The fourth-order valence-corrected chi connectivity index (χ4v) is 5.61. The Bertz CT molecular complexity index is 934. The lowest BCUT2D eigenvalue weighted by atomic mass is 9.98. The Morgan fingerprint density at radius 3 is 2.72 bits per heavy atom. The number of likely N-dealkylation sites (N-methyl/N-ethyl adjacent to an activating group) is 1. The molecule has 0 spiro atoms. The third kappa shape index (κ3) is 4.55. The molecule has 6 heteroatoms. The average Bonchev–Trinajstić information content (AvgIpc) is 3.41. The summed E-state index contributed by atoms with van der Waals surface area (Å²) in [5, 5.41) is 4.29. The highest BCUT2D eigenvalue weighted by atomic mass is 32.1. The van der Waals surface area contributed by atoms with Crippen molar-refractivity contribution >= 4 is 28.6 Å². The van der Waals surface area contributed by atoms with Gasteiger partial charge in [-0.15, -0.1) is 22.7 Å². The first kappa shape index (κ1) is 20.1. The van der Waals surface area contributed by atoms with Crippen molar-refractivity contribution in [1.29, 1.82) is 0 Å². The van der Waals surface area contributed by atoms with E-state index in [4.69, 9.17) is 4.74 Å². The van der Waals surface area contributed by atoms with Gasteiger partial charge in [0.25, 0.3) is 0 Å². The summed E-state index contributed by atoms with van der Waals surface area (Å²) in [4.78, 5) is 19.9. The van der Waals surface area contributed by atoms with Crippen LogP contribution in [0.5, 0.6) is 5.75 Å². The van der Waals surface area contributed by atoms with E-state index in [9.17, 15) is 4.79 Å². The molecule has 0 radical (unpaired) electrons. The Morgan fingerprint density at radius 1 is 1.17 bits per heavy atom. The number of rotatable bonds is 7. The van der Waals surface area contributed by atoms with Crippen molar-refractivity contribution in [3.8, 4) is 5.75 Å². The van der Waals surface area contributed by atoms with Crippen molar-refractivity contribution in [2.24, 2.45) is 0 Å². The predicted molar refractivity (Wildman–Crippen MR) is 120 cm³/mol. The summed E-state index contributed by atoms with van der Waals surface area (Å²) in [6.07, 6.45) is 1.02. The van der Waals surface area contributed by atoms with Gasteiger partial charge in [-0.1, -0.05) is 18.2 Å². The van der Waals surface area contributed by atoms with Gasteiger partial charge in [0.1, 0.15) is 5.75 Å². The second kappa shape index (κ2) is 9.11. The molecular formula is C23H26N2O2S2. The zero-order valence-corrected chi connectivity index (χ0v) is 18.5. The van der Waals surface area contributed by atoms with Crippen molar-refractivity contribution in [2.75, 3.05) is 26.7 Å². The maximum Gasteiger partial charge on any atom is 0.236 e. The van der Waals surface area contributed by atoms with Crippen LogP contribution in [0.25, 0.3) is 0 Å². The van der Waals surface area contributed by atoms with Crippen molar-refractivity contribution in [2.45, 2.75) is 25.9 Å². The Kier molecular flexibility index (Phi) is 6.33. The molecule has 152 valence electrons. The molecular weight excluding hydrogens is 400 g/mol. The van der Waals surface area contributed by atoms with Crippen LogP contribution >= 0.6 is 22.7 Å². The summed E-state index contributed by atoms with van der Waals surface area (Å²) in [6.45, 7) is 4.59. The Hall–Kier alpha value is -2.15.